The van der Waals surface area contributed by atoms with E-state index in [4.69, 9.17) is 11.6 Å². The molecule has 0 fully saturated rings. The molecule has 0 atom stereocenters. The van der Waals surface area contributed by atoms with Crippen molar-refractivity contribution in [3.05, 3.63) is 53.1 Å². The number of nitrogens with one attached hydrogen (secondary N) is 2. The van der Waals surface area contributed by atoms with Crippen molar-refractivity contribution >= 4 is 44.8 Å². The van der Waals surface area contributed by atoms with Gasteiger partial charge in [0.05, 0.1) is 16.3 Å². The molecule has 0 bridgehead atoms. The molecule has 180 valence electrons. The lowest BCUT2D eigenvalue weighted by Gasteiger charge is -2.22. The number of nitrogens with zero attached hydrogens (tertiary/aromatic N) is 2. The Labute approximate surface area is 201 Å². The maximum absolute atomic E-state index is 12.9. The maximum atomic E-state index is 12.9. The fourth-order valence-corrected chi connectivity index (χ4v) is 4.86. The van der Waals surface area contributed by atoms with Gasteiger partial charge < -0.3 is 15.5 Å². The summed E-state index contributed by atoms with van der Waals surface area (Å²) in [6.07, 6.45) is 0.598. The predicted molar refractivity (Wildman–Crippen MR) is 133 cm³/mol. The van der Waals surface area contributed by atoms with Crippen molar-refractivity contribution in [2.45, 2.75) is 31.6 Å². The second kappa shape index (κ2) is 12.0. The highest BCUT2D eigenvalue weighted by Gasteiger charge is 2.23. The summed E-state index contributed by atoms with van der Waals surface area (Å²) in [5.41, 5.74) is 1.60. The van der Waals surface area contributed by atoms with Crippen molar-refractivity contribution in [1.82, 2.24) is 9.62 Å². The number of hydrogen-bond donors (Lipinski definition) is 2. The zero-order chi connectivity index (χ0) is 24.6. The van der Waals surface area contributed by atoms with Gasteiger partial charge in [0.25, 0.3) is 5.91 Å². The minimum atomic E-state index is -3.65. The van der Waals surface area contributed by atoms with E-state index < -0.39 is 10.0 Å². The number of anilines is 2. The minimum absolute atomic E-state index is 0.127. The van der Waals surface area contributed by atoms with Crippen LogP contribution in [0, 0.1) is 0 Å². The minimum Gasteiger partial charge on any atom is -0.376 e. The molecule has 0 aromatic heterocycles. The normalized spacial score (nSPS) is 11.3. The first-order valence-electron chi connectivity index (χ1n) is 10.7. The summed E-state index contributed by atoms with van der Waals surface area (Å²) in [7, 11) is -0.0231. The van der Waals surface area contributed by atoms with Crippen LogP contribution in [0.5, 0.6) is 0 Å². The highest BCUT2D eigenvalue weighted by Crippen LogP contribution is 2.29. The van der Waals surface area contributed by atoms with Gasteiger partial charge in [-0.2, -0.15) is 4.31 Å². The fourth-order valence-electron chi connectivity index (χ4n) is 3.25. The van der Waals surface area contributed by atoms with Gasteiger partial charge in [0.2, 0.25) is 15.9 Å². The summed E-state index contributed by atoms with van der Waals surface area (Å²) in [4.78, 5) is 26.6. The number of halogens is 1. The third-order valence-corrected chi connectivity index (χ3v) is 7.34. The lowest BCUT2D eigenvalue weighted by atomic mass is 10.2. The van der Waals surface area contributed by atoms with Crippen LogP contribution in [-0.4, -0.2) is 58.3 Å². The number of hydrogen-bond acceptors (Lipinski definition) is 5. The van der Waals surface area contributed by atoms with Gasteiger partial charge in [-0.3, -0.25) is 9.59 Å². The van der Waals surface area contributed by atoms with E-state index in [1.165, 1.54) is 10.4 Å². The molecule has 33 heavy (non-hydrogen) atoms. The Kier molecular flexibility index (Phi) is 9.70. The van der Waals surface area contributed by atoms with E-state index in [2.05, 4.69) is 10.6 Å². The Balaban J connectivity index is 2.02. The lowest BCUT2D eigenvalue weighted by molar-refractivity contribution is -0.116. The Bertz CT molecular complexity index is 1070. The molecule has 0 unspecified atom stereocenters. The van der Waals surface area contributed by atoms with Gasteiger partial charge in [-0.05, 0) is 48.9 Å². The molecule has 0 heterocycles. The van der Waals surface area contributed by atoms with E-state index in [1.807, 2.05) is 14.1 Å². The number of benzene rings is 2. The van der Waals surface area contributed by atoms with Crippen LogP contribution in [0.25, 0.3) is 0 Å². The molecule has 0 aliphatic heterocycles. The molecule has 2 amide bonds. The van der Waals surface area contributed by atoms with Gasteiger partial charge in [-0.25, -0.2) is 8.42 Å². The third kappa shape index (κ3) is 7.18. The van der Waals surface area contributed by atoms with Gasteiger partial charge in [0.1, 0.15) is 0 Å². The zero-order valence-electron chi connectivity index (χ0n) is 19.4. The topological polar surface area (TPSA) is 98.8 Å². The van der Waals surface area contributed by atoms with Gasteiger partial charge in [0, 0.05) is 50.7 Å². The van der Waals surface area contributed by atoms with E-state index in [1.54, 1.807) is 55.1 Å². The van der Waals surface area contributed by atoms with Crippen molar-refractivity contribution < 1.29 is 18.0 Å². The van der Waals surface area contributed by atoms with Gasteiger partial charge in [0.15, 0.2) is 0 Å². The summed E-state index contributed by atoms with van der Waals surface area (Å²) in [6, 6.07) is 11.3. The average Bonchev–Trinajstić information content (AvgIpc) is 2.77. The lowest BCUT2D eigenvalue weighted by Crippen LogP contribution is -2.30. The van der Waals surface area contributed by atoms with Crippen molar-refractivity contribution in [1.29, 1.82) is 0 Å². The largest absolute Gasteiger partial charge is 0.376 e. The third-order valence-electron chi connectivity index (χ3n) is 5.04. The van der Waals surface area contributed by atoms with Crippen LogP contribution in [0.1, 0.15) is 37.0 Å². The first kappa shape index (κ1) is 26.6. The Morgan fingerprint density at radius 3 is 2.21 bits per heavy atom. The molecular weight excluding hydrogens is 464 g/mol. The Hall–Kier alpha value is -2.62. The van der Waals surface area contributed by atoms with E-state index in [0.29, 0.717) is 48.0 Å². The quantitative estimate of drug-likeness (QED) is 0.465. The molecule has 2 rings (SSSR count). The van der Waals surface area contributed by atoms with Crippen molar-refractivity contribution in [2.75, 3.05) is 43.9 Å². The van der Waals surface area contributed by atoms with Gasteiger partial charge >= 0.3 is 0 Å². The highest BCUT2D eigenvalue weighted by atomic mass is 35.5. The molecule has 0 spiro atoms. The SMILES string of the molecule is CCN(CC)S(=O)(=O)c1ccc(N(C)C)c(NC(=O)CCCNC(=O)c2ccc(Cl)cc2)c1. The van der Waals surface area contributed by atoms with Crippen molar-refractivity contribution in [3.63, 3.8) is 0 Å². The van der Waals surface area contributed by atoms with E-state index >= 15 is 0 Å². The average molecular weight is 495 g/mol. The number of rotatable bonds is 11. The molecule has 0 saturated carbocycles. The van der Waals surface area contributed by atoms with E-state index in [0.717, 1.165) is 0 Å². The van der Waals surface area contributed by atoms with Crippen LogP contribution in [0.4, 0.5) is 11.4 Å². The van der Waals surface area contributed by atoms with Crippen LogP contribution in [0.15, 0.2) is 47.4 Å². The number of carbonyl (C=O) groups excluding carboxylic acids is 2. The standard InChI is InChI=1S/C23H31ClN4O4S/c1-5-28(6-2)33(31,32)19-13-14-21(27(3)4)20(16-19)26-22(29)8-7-15-25-23(30)17-9-11-18(24)12-10-17/h9-14,16H,5-8,15H2,1-4H3,(H,25,30)(H,26,29). The number of amides is 2. The first-order chi connectivity index (χ1) is 15.6. The predicted octanol–water partition coefficient (Wildman–Crippen LogP) is 3.59. The molecule has 0 aliphatic rings. The van der Waals surface area contributed by atoms with E-state index in [-0.39, 0.29) is 23.1 Å². The summed E-state index contributed by atoms with van der Waals surface area (Å²) in [5.74, 6) is -0.507. The molecule has 2 aromatic rings. The summed E-state index contributed by atoms with van der Waals surface area (Å²) in [5, 5.41) is 6.13. The Morgan fingerprint density at radius 1 is 1.00 bits per heavy atom. The molecular formula is C23H31ClN4O4S. The fraction of sp³-hybridized carbons (Fsp3) is 0.391. The molecule has 0 aliphatic carbocycles. The molecule has 2 aromatic carbocycles. The second-order valence-corrected chi connectivity index (χ2v) is 9.95. The second-order valence-electron chi connectivity index (χ2n) is 7.58. The van der Waals surface area contributed by atoms with Crippen LogP contribution >= 0.6 is 11.6 Å². The highest BCUT2D eigenvalue weighted by molar-refractivity contribution is 7.89. The van der Waals surface area contributed by atoms with Crippen LogP contribution in [0.3, 0.4) is 0 Å². The smallest absolute Gasteiger partial charge is 0.251 e. The maximum Gasteiger partial charge on any atom is 0.251 e. The molecule has 2 N–H and O–H groups in total. The summed E-state index contributed by atoms with van der Waals surface area (Å²) in [6.45, 7) is 4.61. The van der Waals surface area contributed by atoms with E-state index in [9.17, 15) is 18.0 Å². The van der Waals surface area contributed by atoms with Gasteiger partial charge in [-0.1, -0.05) is 25.4 Å². The van der Waals surface area contributed by atoms with Crippen LogP contribution in [0.2, 0.25) is 5.02 Å². The number of sulfonamides is 1. The molecule has 0 radical (unpaired) electrons. The van der Waals surface area contributed by atoms with Gasteiger partial charge in [-0.15, -0.1) is 0 Å². The monoisotopic (exact) mass is 494 g/mol. The number of carbonyl (C=O) groups is 2. The molecule has 8 nitrogen and oxygen atoms in total. The van der Waals surface area contributed by atoms with Crippen LogP contribution < -0.4 is 15.5 Å². The molecule has 10 heteroatoms. The Morgan fingerprint density at radius 2 is 1.64 bits per heavy atom. The molecule has 0 saturated heterocycles. The summed E-state index contributed by atoms with van der Waals surface area (Å²) < 4.78 is 27.1. The summed E-state index contributed by atoms with van der Waals surface area (Å²) >= 11 is 5.83. The first-order valence-corrected chi connectivity index (χ1v) is 12.6. The zero-order valence-corrected chi connectivity index (χ0v) is 21.0. The van der Waals surface area contributed by atoms with Crippen molar-refractivity contribution in [3.8, 4) is 0 Å². The van der Waals surface area contributed by atoms with Crippen LogP contribution in [-0.2, 0) is 14.8 Å². The van der Waals surface area contributed by atoms with Crippen molar-refractivity contribution in [2.24, 2.45) is 0 Å².